The topological polar surface area (TPSA) is 61.4 Å². The van der Waals surface area contributed by atoms with Crippen molar-refractivity contribution in [2.75, 3.05) is 13.1 Å². The van der Waals surface area contributed by atoms with Crippen LogP contribution in [0.4, 0.5) is 0 Å². The second-order valence-electron chi connectivity index (χ2n) is 4.22. The SMILES string of the molecule is CCC(C)(O)CNC(=O)[C@@H]1CCCN1. The third-order valence-corrected chi connectivity index (χ3v) is 2.78. The predicted molar refractivity (Wildman–Crippen MR) is 54.9 cm³/mol. The molecule has 0 aromatic heterocycles. The van der Waals surface area contributed by atoms with Gasteiger partial charge < -0.3 is 15.7 Å². The molecule has 1 saturated heterocycles. The summed E-state index contributed by atoms with van der Waals surface area (Å²) in [7, 11) is 0. The van der Waals surface area contributed by atoms with Crippen molar-refractivity contribution >= 4 is 5.91 Å². The van der Waals surface area contributed by atoms with Gasteiger partial charge in [-0.2, -0.15) is 0 Å². The van der Waals surface area contributed by atoms with Crippen LogP contribution < -0.4 is 10.6 Å². The van der Waals surface area contributed by atoms with E-state index in [1.165, 1.54) is 0 Å². The first-order valence-corrected chi connectivity index (χ1v) is 5.28. The standard InChI is InChI=1S/C10H20N2O2/c1-3-10(2,14)7-12-9(13)8-5-4-6-11-8/h8,11,14H,3-7H2,1-2H3,(H,12,13)/t8-,10?/m0/s1. The van der Waals surface area contributed by atoms with E-state index in [2.05, 4.69) is 10.6 Å². The van der Waals surface area contributed by atoms with Crippen LogP contribution in [0.5, 0.6) is 0 Å². The maximum Gasteiger partial charge on any atom is 0.237 e. The fourth-order valence-electron chi connectivity index (χ4n) is 1.43. The predicted octanol–water partition coefficient (Wildman–Crippen LogP) is 0.0156. The normalized spacial score (nSPS) is 25.8. The Hall–Kier alpha value is -0.610. The van der Waals surface area contributed by atoms with Crippen LogP contribution in [0.25, 0.3) is 0 Å². The molecule has 4 heteroatoms. The van der Waals surface area contributed by atoms with Crippen LogP contribution in [0.2, 0.25) is 0 Å². The number of rotatable bonds is 4. The zero-order chi connectivity index (χ0) is 10.6. The molecule has 14 heavy (non-hydrogen) atoms. The largest absolute Gasteiger partial charge is 0.388 e. The van der Waals surface area contributed by atoms with Gasteiger partial charge in [0.05, 0.1) is 11.6 Å². The molecule has 1 heterocycles. The van der Waals surface area contributed by atoms with Crippen LogP contribution in [-0.4, -0.2) is 35.7 Å². The summed E-state index contributed by atoms with van der Waals surface area (Å²) < 4.78 is 0. The van der Waals surface area contributed by atoms with Crippen molar-refractivity contribution in [1.82, 2.24) is 10.6 Å². The molecule has 4 nitrogen and oxygen atoms in total. The van der Waals surface area contributed by atoms with Crippen LogP contribution in [0.1, 0.15) is 33.1 Å². The Balaban J connectivity index is 2.27. The van der Waals surface area contributed by atoms with Crippen molar-refractivity contribution in [3.8, 4) is 0 Å². The van der Waals surface area contributed by atoms with Crippen LogP contribution in [0, 0.1) is 0 Å². The molecular weight excluding hydrogens is 180 g/mol. The molecule has 0 saturated carbocycles. The van der Waals surface area contributed by atoms with Crippen molar-refractivity contribution in [3.63, 3.8) is 0 Å². The third kappa shape index (κ3) is 3.27. The van der Waals surface area contributed by atoms with Gasteiger partial charge in [0.25, 0.3) is 0 Å². The lowest BCUT2D eigenvalue weighted by Gasteiger charge is -2.22. The number of nitrogens with one attached hydrogen (secondary N) is 2. The van der Waals surface area contributed by atoms with Gasteiger partial charge in [0, 0.05) is 6.54 Å². The van der Waals surface area contributed by atoms with Gasteiger partial charge in [-0.3, -0.25) is 4.79 Å². The summed E-state index contributed by atoms with van der Waals surface area (Å²) >= 11 is 0. The number of hydrogen-bond donors (Lipinski definition) is 3. The van der Waals surface area contributed by atoms with Crippen molar-refractivity contribution in [2.45, 2.75) is 44.8 Å². The zero-order valence-electron chi connectivity index (χ0n) is 8.97. The van der Waals surface area contributed by atoms with Crippen LogP contribution in [-0.2, 0) is 4.79 Å². The first-order valence-electron chi connectivity index (χ1n) is 5.28. The molecule has 82 valence electrons. The van der Waals surface area contributed by atoms with Gasteiger partial charge in [-0.15, -0.1) is 0 Å². The molecule has 1 amide bonds. The molecule has 0 aromatic rings. The molecule has 1 unspecified atom stereocenters. The van der Waals surface area contributed by atoms with Gasteiger partial charge in [-0.1, -0.05) is 6.92 Å². The highest BCUT2D eigenvalue weighted by Gasteiger charge is 2.24. The van der Waals surface area contributed by atoms with E-state index in [4.69, 9.17) is 0 Å². The van der Waals surface area contributed by atoms with E-state index in [1.807, 2.05) is 6.92 Å². The Bertz CT molecular complexity index is 198. The summed E-state index contributed by atoms with van der Waals surface area (Å²) in [5.74, 6) is 0.0104. The van der Waals surface area contributed by atoms with Gasteiger partial charge in [0.15, 0.2) is 0 Å². The molecule has 1 aliphatic rings. The summed E-state index contributed by atoms with van der Waals surface area (Å²) in [5.41, 5.74) is -0.783. The number of amides is 1. The Morgan fingerprint density at radius 3 is 2.93 bits per heavy atom. The Labute approximate surface area is 85.1 Å². The molecule has 0 spiro atoms. The Morgan fingerprint density at radius 2 is 2.43 bits per heavy atom. The van der Waals surface area contributed by atoms with E-state index >= 15 is 0 Å². The van der Waals surface area contributed by atoms with Gasteiger partial charge in [-0.05, 0) is 32.7 Å². The van der Waals surface area contributed by atoms with E-state index in [1.54, 1.807) is 6.92 Å². The van der Waals surface area contributed by atoms with Gasteiger partial charge >= 0.3 is 0 Å². The summed E-state index contributed by atoms with van der Waals surface area (Å²) in [5, 5.41) is 15.6. The smallest absolute Gasteiger partial charge is 0.237 e. The van der Waals surface area contributed by atoms with E-state index in [0.717, 1.165) is 19.4 Å². The highest BCUT2D eigenvalue weighted by Crippen LogP contribution is 2.08. The quantitative estimate of drug-likeness (QED) is 0.599. The van der Waals surface area contributed by atoms with Crippen molar-refractivity contribution < 1.29 is 9.90 Å². The summed E-state index contributed by atoms with van der Waals surface area (Å²) in [6, 6.07) is -0.0531. The average molecular weight is 200 g/mol. The first kappa shape index (κ1) is 11.5. The number of aliphatic hydroxyl groups is 1. The maximum atomic E-state index is 11.5. The summed E-state index contributed by atoms with van der Waals surface area (Å²) in [6.07, 6.45) is 2.60. The summed E-state index contributed by atoms with van der Waals surface area (Å²) in [4.78, 5) is 11.5. The molecule has 0 bridgehead atoms. The molecular formula is C10H20N2O2. The Kier molecular flexibility index (Phi) is 3.89. The van der Waals surface area contributed by atoms with E-state index in [-0.39, 0.29) is 11.9 Å². The fourth-order valence-corrected chi connectivity index (χ4v) is 1.43. The lowest BCUT2D eigenvalue weighted by molar-refractivity contribution is -0.123. The van der Waals surface area contributed by atoms with Crippen LogP contribution in [0.15, 0.2) is 0 Å². The highest BCUT2D eigenvalue weighted by molar-refractivity contribution is 5.82. The van der Waals surface area contributed by atoms with Crippen molar-refractivity contribution in [2.24, 2.45) is 0 Å². The van der Waals surface area contributed by atoms with Gasteiger partial charge in [0.1, 0.15) is 0 Å². The number of carbonyl (C=O) groups is 1. The third-order valence-electron chi connectivity index (χ3n) is 2.78. The lowest BCUT2D eigenvalue weighted by Crippen LogP contribution is -2.46. The summed E-state index contributed by atoms with van der Waals surface area (Å²) in [6.45, 7) is 4.89. The molecule has 1 aliphatic heterocycles. The van der Waals surface area contributed by atoms with Gasteiger partial charge in [0.2, 0.25) is 5.91 Å². The van der Waals surface area contributed by atoms with E-state index < -0.39 is 5.60 Å². The van der Waals surface area contributed by atoms with Crippen LogP contribution in [0.3, 0.4) is 0 Å². The Morgan fingerprint density at radius 1 is 1.71 bits per heavy atom. The first-order chi connectivity index (χ1) is 6.55. The molecule has 2 atom stereocenters. The van der Waals surface area contributed by atoms with Crippen molar-refractivity contribution in [3.05, 3.63) is 0 Å². The molecule has 3 N–H and O–H groups in total. The zero-order valence-corrected chi connectivity index (χ0v) is 8.97. The minimum atomic E-state index is -0.783. The molecule has 1 fully saturated rings. The molecule has 0 radical (unpaired) electrons. The molecule has 1 rings (SSSR count). The minimum absolute atomic E-state index is 0.0104. The highest BCUT2D eigenvalue weighted by atomic mass is 16.3. The van der Waals surface area contributed by atoms with Gasteiger partial charge in [-0.25, -0.2) is 0 Å². The van der Waals surface area contributed by atoms with Crippen LogP contribution >= 0.6 is 0 Å². The molecule has 0 aliphatic carbocycles. The lowest BCUT2D eigenvalue weighted by atomic mass is 10.0. The average Bonchev–Trinajstić information content (AvgIpc) is 2.67. The molecule has 0 aromatic carbocycles. The monoisotopic (exact) mass is 200 g/mol. The second kappa shape index (κ2) is 4.75. The second-order valence-corrected chi connectivity index (χ2v) is 4.22. The number of hydrogen-bond acceptors (Lipinski definition) is 3. The van der Waals surface area contributed by atoms with E-state index in [9.17, 15) is 9.90 Å². The minimum Gasteiger partial charge on any atom is -0.388 e. The van der Waals surface area contributed by atoms with E-state index in [0.29, 0.717) is 13.0 Å². The van der Waals surface area contributed by atoms with Crippen molar-refractivity contribution in [1.29, 1.82) is 0 Å². The fraction of sp³-hybridized carbons (Fsp3) is 0.900. The maximum absolute atomic E-state index is 11.5. The number of carbonyl (C=O) groups excluding carboxylic acids is 1.